The van der Waals surface area contributed by atoms with E-state index in [0.717, 1.165) is 11.2 Å². The Kier molecular flexibility index (Phi) is 2.68. The van der Waals surface area contributed by atoms with Crippen LogP contribution in [0.3, 0.4) is 0 Å². The van der Waals surface area contributed by atoms with Crippen molar-refractivity contribution in [1.29, 1.82) is 0 Å². The van der Waals surface area contributed by atoms with Crippen molar-refractivity contribution in [3.63, 3.8) is 0 Å². The third kappa shape index (κ3) is 1.84. The highest BCUT2D eigenvalue weighted by molar-refractivity contribution is 7.17. The number of fused-ring (bicyclic) bond motifs is 1. The van der Waals surface area contributed by atoms with Crippen molar-refractivity contribution < 1.29 is 9.90 Å². The van der Waals surface area contributed by atoms with Gasteiger partial charge in [-0.3, -0.25) is 9.59 Å². The minimum atomic E-state index is -0.248. The van der Waals surface area contributed by atoms with E-state index in [0.29, 0.717) is 21.2 Å². The Labute approximate surface area is 112 Å². The summed E-state index contributed by atoms with van der Waals surface area (Å²) >= 11 is 1.31. The molecule has 0 aliphatic carbocycles. The Balaban J connectivity index is 2.38. The zero-order valence-corrected chi connectivity index (χ0v) is 10.5. The Hall–Kier alpha value is -2.40. The van der Waals surface area contributed by atoms with Gasteiger partial charge in [-0.1, -0.05) is 6.07 Å². The molecule has 1 aromatic carbocycles. The van der Waals surface area contributed by atoms with Gasteiger partial charge < -0.3 is 10.1 Å². The van der Waals surface area contributed by atoms with E-state index in [9.17, 15) is 14.7 Å². The number of hydrogen-bond acceptors (Lipinski definition) is 4. The monoisotopic (exact) mass is 271 g/mol. The molecular formula is C14H9NO3S. The first kappa shape index (κ1) is 11.7. The molecule has 4 nitrogen and oxygen atoms in total. The number of nitrogens with one attached hydrogen (secondary N) is 1. The second kappa shape index (κ2) is 4.37. The van der Waals surface area contributed by atoms with Crippen LogP contribution in [-0.4, -0.2) is 16.4 Å². The summed E-state index contributed by atoms with van der Waals surface area (Å²) in [5.41, 5.74) is 0.465. The van der Waals surface area contributed by atoms with Gasteiger partial charge in [-0.05, 0) is 24.3 Å². The smallest absolute Gasteiger partial charge is 0.255 e. The lowest BCUT2D eigenvalue weighted by Crippen LogP contribution is -2.05. The number of aromatic amines is 1. The van der Waals surface area contributed by atoms with Crippen molar-refractivity contribution >= 4 is 28.4 Å². The van der Waals surface area contributed by atoms with Gasteiger partial charge >= 0.3 is 0 Å². The average Bonchev–Trinajstić information content (AvgIpc) is 2.89. The molecule has 0 atom stereocenters. The maximum Gasteiger partial charge on any atom is 0.255 e. The van der Waals surface area contributed by atoms with Gasteiger partial charge in [0.15, 0.2) is 6.29 Å². The van der Waals surface area contributed by atoms with Crippen LogP contribution < -0.4 is 5.56 Å². The van der Waals surface area contributed by atoms with Crippen LogP contribution in [0.2, 0.25) is 0 Å². The number of hydrogen-bond donors (Lipinski definition) is 2. The minimum absolute atomic E-state index is 0.0552. The first-order valence-electron chi connectivity index (χ1n) is 5.59. The van der Waals surface area contributed by atoms with Crippen LogP contribution in [0.25, 0.3) is 21.2 Å². The number of carbonyl (C=O) groups is 1. The number of aromatic hydroxyl groups is 1. The second-order valence-corrected chi connectivity index (χ2v) is 5.17. The van der Waals surface area contributed by atoms with E-state index in [4.69, 9.17) is 0 Å². The van der Waals surface area contributed by atoms with E-state index >= 15 is 0 Å². The molecule has 2 heterocycles. The molecule has 0 radical (unpaired) electrons. The van der Waals surface area contributed by atoms with E-state index in [2.05, 4.69) is 4.98 Å². The molecule has 0 saturated carbocycles. The molecule has 0 bridgehead atoms. The summed E-state index contributed by atoms with van der Waals surface area (Å²) in [4.78, 5) is 26.6. The Morgan fingerprint density at radius 3 is 2.79 bits per heavy atom. The molecule has 0 amide bonds. The van der Waals surface area contributed by atoms with Crippen LogP contribution in [0.4, 0.5) is 0 Å². The fourth-order valence-corrected chi connectivity index (χ4v) is 2.90. The molecule has 3 rings (SSSR count). The van der Waals surface area contributed by atoms with E-state index in [1.807, 2.05) is 0 Å². The van der Waals surface area contributed by atoms with Crippen LogP contribution in [-0.2, 0) is 0 Å². The SMILES string of the molecule is O=Cc1ccc(-c2c[nH]c(=O)c3cccc(O)c23)s1. The number of phenolic OH excluding ortho intramolecular Hbond substituents is 1. The van der Waals surface area contributed by atoms with Gasteiger partial charge in [0.1, 0.15) is 5.75 Å². The number of phenols is 1. The van der Waals surface area contributed by atoms with E-state index < -0.39 is 0 Å². The van der Waals surface area contributed by atoms with Gasteiger partial charge in [-0.25, -0.2) is 0 Å². The van der Waals surface area contributed by atoms with Crippen molar-refractivity contribution in [1.82, 2.24) is 4.98 Å². The number of aromatic nitrogens is 1. The van der Waals surface area contributed by atoms with Crippen LogP contribution in [0.15, 0.2) is 41.3 Å². The van der Waals surface area contributed by atoms with Crippen molar-refractivity contribution in [3.05, 3.63) is 51.8 Å². The zero-order valence-electron chi connectivity index (χ0n) is 9.71. The first-order chi connectivity index (χ1) is 9.20. The topological polar surface area (TPSA) is 70.2 Å². The summed E-state index contributed by atoms with van der Waals surface area (Å²) in [6.45, 7) is 0. The van der Waals surface area contributed by atoms with Gasteiger partial charge in [0.05, 0.1) is 10.3 Å². The van der Waals surface area contributed by atoms with Gasteiger partial charge in [0, 0.05) is 22.0 Å². The van der Waals surface area contributed by atoms with E-state index in [1.54, 1.807) is 36.5 Å². The molecule has 2 aromatic heterocycles. The highest BCUT2D eigenvalue weighted by Crippen LogP contribution is 2.35. The molecule has 0 aliphatic heterocycles. The zero-order chi connectivity index (χ0) is 13.4. The Morgan fingerprint density at radius 1 is 1.21 bits per heavy atom. The highest BCUT2D eigenvalue weighted by Gasteiger charge is 2.12. The van der Waals surface area contributed by atoms with Crippen molar-refractivity contribution in [2.75, 3.05) is 0 Å². The average molecular weight is 271 g/mol. The maximum atomic E-state index is 11.8. The molecule has 0 aliphatic rings. The summed E-state index contributed by atoms with van der Waals surface area (Å²) in [5, 5.41) is 10.9. The van der Waals surface area contributed by atoms with E-state index in [-0.39, 0.29) is 11.3 Å². The quantitative estimate of drug-likeness (QED) is 0.704. The largest absolute Gasteiger partial charge is 0.507 e. The summed E-state index contributed by atoms with van der Waals surface area (Å²) in [6.07, 6.45) is 2.34. The number of H-pyrrole nitrogens is 1. The summed E-state index contributed by atoms with van der Waals surface area (Å²) in [7, 11) is 0. The molecule has 3 aromatic rings. The summed E-state index contributed by atoms with van der Waals surface area (Å²) in [5.74, 6) is 0.0552. The van der Waals surface area contributed by atoms with Crippen molar-refractivity contribution in [2.24, 2.45) is 0 Å². The highest BCUT2D eigenvalue weighted by atomic mass is 32.1. The third-order valence-electron chi connectivity index (χ3n) is 2.91. The molecular weight excluding hydrogens is 262 g/mol. The van der Waals surface area contributed by atoms with Crippen LogP contribution in [0.1, 0.15) is 9.67 Å². The fourth-order valence-electron chi connectivity index (χ4n) is 2.06. The Morgan fingerprint density at radius 2 is 2.05 bits per heavy atom. The molecule has 94 valence electrons. The van der Waals surface area contributed by atoms with Gasteiger partial charge in [-0.15, -0.1) is 11.3 Å². The first-order valence-corrected chi connectivity index (χ1v) is 6.41. The molecule has 0 unspecified atom stereocenters. The normalized spacial score (nSPS) is 10.7. The van der Waals surface area contributed by atoms with Crippen LogP contribution in [0.5, 0.6) is 5.75 Å². The molecule has 5 heteroatoms. The lowest BCUT2D eigenvalue weighted by atomic mass is 10.1. The van der Waals surface area contributed by atoms with Crippen LogP contribution in [0, 0.1) is 0 Å². The summed E-state index contributed by atoms with van der Waals surface area (Å²) in [6, 6.07) is 8.34. The van der Waals surface area contributed by atoms with Gasteiger partial charge in [-0.2, -0.15) is 0 Å². The number of aldehydes is 1. The third-order valence-corrected chi connectivity index (χ3v) is 3.96. The minimum Gasteiger partial charge on any atom is -0.507 e. The van der Waals surface area contributed by atoms with Crippen molar-refractivity contribution in [3.8, 4) is 16.2 Å². The number of carbonyl (C=O) groups excluding carboxylic acids is 1. The second-order valence-electron chi connectivity index (χ2n) is 4.05. The molecule has 0 fully saturated rings. The van der Waals surface area contributed by atoms with Crippen LogP contribution >= 0.6 is 11.3 Å². The maximum absolute atomic E-state index is 11.8. The van der Waals surface area contributed by atoms with Gasteiger partial charge in [0.25, 0.3) is 5.56 Å². The molecule has 0 saturated heterocycles. The molecule has 0 spiro atoms. The number of benzene rings is 1. The lowest BCUT2D eigenvalue weighted by Gasteiger charge is -2.05. The number of thiophene rings is 1. The summed E-state index contributed by atoms with van der Waals surface area (Å²) < 4.78 is 0. The fraction of sp³-hybridized carbons (Fsp3) is 0. The molecule has 19 heavy (non-hydrogen) atoms. The van der Waals surface area contributed by atoms with E-state index in [1.165, 1.54) is 11.3 Å². The number of pyridine rings is 1. The number of rotatable bonds is 2. The molecule has 2 N–H and O–H groups in total. The predicted molar refractivity (Wildman–Crippen MR) is 74.9 cm³/mol. The predicted octanol–water partition coefficient (Wildman–Crippen LogP) is 2.77. The standard InChI is InChI=1S/C14H9NO3S/c16-7-8-4-5-12(19-8)10-6-15-14(18)9-2-1-3-11(17)13(9)10/h1-7,17H,(H,15,18). The lowest BCUT2D eigenvalue weighted by molar-refractivity contribution is 0.112. The van der Waals surface area contributed by atoms with Crippen molar-refractivity contribution in [2.45, 2.75) is 0 Å². The van der Waals surface area contributed by atoms with Gasteiger partial charge in [0.2, 0.25) is 0 Å². The Bertz CT molecular complexity index is 832.